The number of hydrogen-bond donors (Lipinski definition) is 3. The number of likely N-dealkylation sites (tertiary alicyclic amines) is 1. The summed E-state index contributed by atoms with van der Waals surface area (Å²) in [5, 5.41) is 7.14. The third-order valence-corrected chi connectivity index (χ3v) is 1.89. The number of rotatable bonds is 1. The standard InChI is InChI=1S/C6H12N4O/c7-5(8)4-2-1-3-10(4)6(9)11/h4H,1-3H2,(H3,7,8)(H2,9,11). The average molecular weight is 156 g/mol. The Kier molecular flexibility index (Phi) is 1.98. The molecule has 0 radical (unpaired) electrons. The zero-order valence-electron chi connectivity index (χ0n) is 6.21. The third kappa shape index (κ3) is 1.42. The van der Waals surface area contributed by atoms with Crippen LogP contribution in [0.3, 0.4) is 0 Å². The van der Waals surface area contributed by atoms with Crippen LogP contribution in [0.5, 0.6) is 0 Å². The second kappa shape index (κ2) is 2.77. The number of carbonyl (C=O) groups is 1. The molecule has 62 valence electrons. The SMILES string of the molecule is N=C(N)C1CCCN1C(N)=O. The molecule has 1 unspecified atom stereocenters. The third-order valence-electron chi connectivity index (χ3n) is 1.89. The van der Waals surface area contributed by atoms with E-state index in [0.29, 0.717) is 6.54 Å². The first kappa shape index (κ1) is 7.84. The molecule has 0 saturated carbocycles. The lowest BCUT2D eigenvalue weighted by molar-refractivity contribution is 0.212. The minimum Gasteiger partial charge on any atom is -0.386 e. The molecule has 0 aliphatic carbocycles. The van der Waals surface area contributed by atoms with Crippen LogP contribution < -0.4 is 11.5 Å². The fourth-order valence-electron chi connectivity index (χ4n) is 1.35. The van der Waals surface area contributed by atoms with Crippen molar-refractivity contribution in [2.24, 2.45) is 11.5 Å². The van der Waals surface area contributed by atoms with Gasteiger partial charge in [0.15, 0.2) is 0 Å². The van der Waals surface area contributed by atoms with Crippen LogP contribution in [-0.4, -0.2) is 29.4 Å². The van der Waals surface area contributed by atoms with Gasteiger partial charge < -0.3 is 16.4 Å². The number of hydrogen-bond acceptors (Lipinski definition) is 2. The molecule has 0 bridgehead atoms. The number of nitrogens with zero attached hydrogens (tertiary/aromatic N) is 1. The smallest absolute Gasteiger partial charge is 0.315 e. The number of amides is 2. The first-order valence-corrected chi connectivity index (χ1v) is 3.53. The number of amidine groups is 1. The number of carbonyl (C=O) groups excluding carboxylic acids is 1. The van der Waals surface area contributed by atoms with E-state index in [1.165, 1.54) is 4.90 Å². The number of nitrogens with one attached hydrogen (secondary N) is 1. The molecule has 5 heteroatoms. The summed E-state index contributed by atoms with van der Waals surface area (Å²) < 4.78 is 0. The maximum atomic E-state index is 10.7. The van der Waals surface area contributed by atoms with Crippen LogP contribution in [0.15, 0.2) is 0 Å². The van der Waals surface area contributed by atoms with Gasteiger partial charge in [-0.25, -0.2) is 4.79 Å². The highest BCUT2D eigenvalue weighted by atomic mass is 16.2. The molecule has 5 nitrogen and oxygen atoms in total. The highest BCUT2D eigenvalue weighted by molar-refractivity contribution is 5.87. The topological polar surface area (TPSA) is 96.2 Å². The summed E-state index contributed by atoms with van der Waals surface area (Å²) in [6, 6.07) is -0.741. The van der Waals surface area contributed by atoms with Crippen molar-refractivity contribution in [2.45, 2.75) is 18.9 Å². The Hall–Kier alpha value is -1.26. The van der Waals surface area contributed by atoms with Gasteiger partial charge >= 0.3 is 6.03 Å². The minimum atomic E-state index is -0.484. The number of primary amides is 1. The molecule has 0 aromatic heterocycles. The summed E-state index contributed by atoms with van der Waals surface area (Å²) in [4.78, 5) is 12.1. The number of urea groups is 1. The lowest BCUT2D eigenvalue weighted by atomic mass is 10.2. The normalized spacial score (nSPS) is 23.6. The quantitative estimate of drug-likeness (QED) is 0.351. The van der Waals surface area contributed by atoms with Crippen molar-refractivity contribution in [1.82, 2.24) is 4.90 Å². The molecular formula is C6H12N4O. The molecule has 1 atom stereocenters. The Labute approximate surface area is 64.8 Å². The molecule has 1 rings (SSSR count). The van der Waals surface area contributed by atoms with E-state index >= 15 is 0 Å². The zero-order chi connectivity index (χ0) is 8.43. The summed E-state index contributed by atoms with van der Waals surface area (Å²) in [7, 11) is 0. The molecule has 5 N–H and O–H groups in total. The van der Waals surface area contributed by atoms with E-state index in [1.807, 2.05) is 0 Å². The summed E-state index contributed by atoms with van der Waals surface area (Å²) in [5.41, 5.74) is 10.3. The van der Waals surface area contributed by atoms with E-state index < -0.39 is 6.03 Å². The van der Waals surface area contributed by atoms with E-state index in [4.69, 9.17) is 16.9 Å². The van der Waals surface area contributed by atoms with Crippen molar-refractivity contribution in [3.05, 3.63) is 0 Å². The van der Waals surface area contributed by atoms with Crippen molar-refractivity contribution in [1.29, 1.82) is 5.41 Å². The molecule has 0 spiro atoms. The average Bonchev–Trinajstić information content (AvgIpc) is 2.32. The Morgan fingerprint density at radius 1 is 1.55 bits per heavy atom. The highest BCUT2D eigenvalue weighted by Gasteiger charge is 2.28. The monoisotopic (exact) mass is 156 g/mol. The van der Waals surface area contributed by atoms with E-state index in [0.717, 1.165) is 12.8 Å². The fourth-order valence-corrected chi connectivity index (χ4v) is 1.35. The first-order valence-electron chi connectivity index (χ1n) is 3.53. The molecule has 1 saturated heterocycles. The van der Waals surface area contributed by atoms with Crippen LogP contribution in [0.1, 0.15) is 12.8 Å². The predicted molar refractivity (Wildman–Crippen MR) is 41.2 cm³/mol. The molecule has 1 heterocycles. The van der Waals surface area contributed by atoms with Crippen LogP contribution in [0.2, 0.25) is 0 Å². The highest BCUT2D eigenvalue weighted by Crippen LogP contribution is 2.15. The Morgan fingerprint density at radius 3 is 2.55 bits per heavy atom. The molecule has 1 aliphatic rings. The summed E-state index contributed by atoms with van der Waals surface area (Å²) in [6.45, 7) is 0.625. The van der Waals surface area contributed by atoms with E-state index in [1.54, 1.807) is 0 Å². The van der Waals surface area contributed by atoms with Gasteiger partial charge in [-0.15, -0.1) is 0 Å². The maximum absolute atomic E-state index is 10.7. The van der Waals surface area contributed by atoms with E-state index in [9.17, 15) is 4.79 Å². The fraction of sp³-hybridized carbons (Fsp3) is 0.667. The van der Waals surface area contributed by atoms with Gasteiger partial charge in [0.25, 0.3) is 0 Å². The van der Waals surface area contributed by atoms with Crippen LogP contribution in [0, 0.1) is 5.41 Å². The van der Waals surface area contributed by atoms with Crippen LogP contribution >= 0.6 is 0 Å². The molecule has 1 fully saturated rings. The summed E-state index contributed by atoms with van der Waals surface area (Å²) in [6.07, 6.45) is 1.64. The van der Waals surface area contributed by atoms with Crippen molar-refractivity contribution in [2.75, 3.05) is 6.54 Å². The van der Waals surface area contributed by atoms with Crippen LogP contribution in [0.4, 0.5) is 4.79 Å². The van der Waals surface area contributed by atoms with Gasteiger partial charge in [-0.3, -0.25) is 5.41 Å². The van der Waals surface area contributed by atoms with Crippen molar-refractivity contribution in [3.8, 4) is 0 Å². The Bertz CT molecular complexity index is 171. The first-order chi connectivity index (χ1) is 5.13. The second-order valence-electron chi connectivity index (χ2n) is 2.65. The van der Waals surface area contributed by atoms with Gasteiger partial charge in [-0.1, -0.05) is 0 Å². The molecule has 2 amide bonds. The zero-order valence-corrected chi connectivity index (χ0v) is 6.21. The van der Waals surface area contributed by atoms with Gasteiger partial charge in [0.05, 0.1) is 6.04 Å². The molecule has 0 aromatic rings. The van der Waals surface area contributed by atoms with Crippen molar-refractivity contribution < 1.29 is 4.79 Å². The predicted octanol–water partition coefficient (Wildman–Crippen LogP) is -0.535. The lowest BCUT2D eigenvalue weighted by Crippen LogP contribution is -2.45. The van der Waals surface area contributed by atoms with E-state index in [2.05, 4.69) is 0 Å². The van der Waals surface area contributed by atoms with Gasteiger partial charge in [0.2, 0.25) is 0 Å². The number of nitrogens with two attached hydrogens (primary N) is 2. The van der Waals surface area contributed by atoms with Crippen LogP contribution in [-0.2, 0) is 0 Å². The van der Waals surface area contributed by atoms with Gasteiger partial charge in [-0.05, 0) is 12.8 Å². The molecule has 1 aliphatic heterocycles. The second-order valence-corrected chi connectivity index (χ2v) is 2.65. The lowest BCUT2D eigenvalue weighted by Gasteiger charge is -2.20. The van der Waals surface area contributed by atoms with E-state index in [-0.39, 0.29) is 11.9 Å². The molecule has 11 heavy (non-hydrogen) atoms. The van der Waals surface area contributed by atoms with Gasteiger partial charge in [-0.2, -0.15) is 0 Å². The molecule has 0 aromatic carbocycles. The summed E-state index contributed by atoms with van der Waals surface area (Å²) >= 11 is 0. The summed E-state index contributed by atoms with van der Waals surface area (Å²) in [5.74, 6) is 0.0290. The Morgan fingerprint density at radius 2 is 2.18 bits per heavy atom. The van der Waals surface area contributed by atoms with Gasteiger partial charge in [0, 0.05) is 6.54 Å². The van der Waals surface area contributed by atoms with Gasteiger partial charge in [0.1, 0.15) is 5.84 Å². The molecular weight excluding hydrogens is 144 g/mol. The van der Waals surface area contributed by atoms with Crippen molar-refractivity contribution >= 4 is 11.9 Å². The minimum absolute atomic E-state index is 0.0290. The van der Waals surface area contributed by atoms with Crippen LogP contribution in [0.25, 0.3) is 0 Å². The maximum Gasteiger partial charge on any atom is 0.315 e. The Balaban J connectivity index is 2.65. The van der Waals surface area contributed by atoms with Crippen molar-refractivity contribution in [3.63, 3.8) is 0 Å². The largest absolute Gasteiger partial charge is 0.386 e.